The van der Waals surface area contributed by atoms with Gasteiger partial charge in [-0.2, -0.15) is 5.10 Å². The van der Waals surface area contributed by atoms with E-state index in [1.807, 2.05) is 49.1 Å². The van der Waals surface area contributed by atoms with Gasteiger partial charge in [0.25, 0.3) is 0 Å². The summed E-state index contributed by atoms with van der Waals surface area (Å²) >= 11 is 5.84. The van der Waals surface area contributed by atoms with E-state index in [2.05, 4.69) is 5.10 Å². The molecule has 0 spiro atoms. The Kier molecular flexibility index (Phi) is 2.99. The van der Waals surface area contributed by atoms with Crippen molar-refractivity contribution >= 4 is 11.6 Å². The van der Waals surface area contributed by atoms with E-state index in [4.69, 9.17) is 17.3 Å². The van der Waals surface area contributed by atoms with E-state index >= 15 is 0 Å². The van der Waals surface area contributed by atoms with Gasteiger partial charge >= 0.3 is 0 Å². The van der Waals surface area contributed by atoms with Gasteiger partial charge in [0.05, 0.1) is 12.2 Å². The fourth-order valence-electron chi connectivity index (χ4n) is 1.67. The molecule has 1 atom stereocenters. The van der Waals surface area contributed by atoms with Gasteiger partial charge in [-0.1, -0.05) is 23.7 Å². The maximum atomic E-state index is 6.18. The Morgan fingerprint density at radius 1 is 1.31 bits per heavy atom. The highest BCUT2D eigenvalue weighted by Gasteiger charge is 2.14. The molecule has 2 N–H and O–H groups in total. The molecule has 1 aromatic carbocycles. The monoisotopic (exact) mass is 235 g/mol. The first kappa shape index (κ1) is 11.2. The standard InChI is InChI=1S/C12H14ClN3/c1-8-11(7-15-16(8)2)12(14)9-3-5-10(13)6-4-9/h3-7,12H,14H2,1-2H3. The number of halogens is 1. The first-order valence-electron chi connectivity index (χ1n) is 5.09. The minimum Gasteiger partial charge on any atom is -0.320 e. The van der Waals surface area contributed by atoms with Gasteiger partial charge < -0.3 is 5.73 Å². The highest BCUT2D eigenvalue weighted by Crippen LogP contribution is 2.23. The summed E-state index contributed by atoms with van der Waals surface area (Å²) in [5.74, 6) is 0. The molecule has 0 amide bonds. The van der Waals surface area contributed by atoms with Crippen molar-refractivity contribution in [2.75, 3.05) is 0 Å². The smallest absolute Gasteiger partial charge is 0.0585 e. The summed E-state index contributed by atoms with van der Waals surface area (Å²) in [5, 5.41) is 4.91. The Balaban J connectivity index is 2.35. The van der Waals surface area contributed by atoms with Gasteiger partial charge in [0, 0.05) is 23.3 Å². The zero-order valence-corrected chi connectivity index (χ0v) is 10.1. The molecule has 1 heterocycles. The summed E-state index contributed by atoms with van der Waals surface area (Å²) in [6.07, 6.45) is 1.81. The molecule has 0 fully saturated rings. The molecule has 1 unspecified atom stereocenters. The molecule has 16 heavy (non-hydrogen) atoms. The lowest BCUT2D eigenvalue weighted by molar-refractivity contribution is 0.734. The van der Waals surface area contributed by atoms with Crippen LogP contribution >= 0.6 is 11.6 Å². The van der Waals surface area contributed by atoms with Crippen LogP contribution in [0.2, 0.25) is 5.02 Å². The first-order chi connectivity index (χ1) is 7.59. The van der Waals surface area contributed by atoms with E-state index in [-0.39, 0.29) is 6.04 Å². The van der Waals surface area contributed by atoms with Crippen molar-refractivity contribution < 1.29 is 0 Å². The second kappa shape index (κ2) is 4.28. The molecule has 0 radical (unpaired) electrons. The van der Waals surface area contributed by atoms with Crippen molar-refractivity contribution in [1.29, 1.82) is 0 Å². The summed E-state index contributed by atoms with van der Waals surface area (Å²) in [5.41, 5.74) is 9.36. The van der Waals surface area contributed by atoms with Crippen LogP contribution in [0.25, 0.3) is 0 Å². The molecule has 2 rings (SSSR count). The molecule has 0 aliphatic carbocycles. The number of hydrogen-bond acceptors (Lipinski definition) is 2. The van der Waals surface area contributed by atoms with Gasteiger partial charge in [0.2, 0.25) is 0 Å². The van der Waals surface area contributed by atoms with Gasteiger partial charge in [-0.3, -0.25) is 4.68 Å². The Bertz CT molecular complexity index is 487. The molecule has 0 saturated carbocycles. The molecule has 0 saturated heterocycles. The fourth-order valence-corrected chi connectivity index (χ4v) is 1.80. The number of rotatable bonds is 2. The van der Waals surface area contributed by atoms with Crippen LogP contribution in [-0.2, 0) is 7.05 Å². The Morgan fingerprint density at radius 2 is 1.94 bits per heavy atom. The third-order valence-corrected chi connectivity index (χ3v) is 3.09. The Labute approximate surface area is 99.8 Å². The van der Waals surface area contributed by atoms with E-state index in [9.17, 15) is 0 Å². The Morgan fingerprint density at radius 3 is 2.44 bits per heavy atom. The predicted molar refractivity (Wildman–Crippen MR) is 65.4 cm³/mol. The van der Waals surface area contributed by atoms with E-state index in [0.717, 1.165) is 21.8 Å². The maximum Gasteiger partial charge on any atom is 0.0585 e. The van der Waals surface area contributed by atoms with E-state index in [0.29, 0.717) is 0 Å². The number of nitrogens with two attached hydrogens (primary N) is 1. The van der Waals surface area contributed by atoms with Crippen molar-refractivity contribution in [2.24, 2.45) is 12.8 Å². The molecule has 84 valence electrons. The average molecular weight is 236 g/mol. The topological polar surface area (TPSA) is 43.8 Å². The zero-order valence-electron chi connectivity index (χ0n) is 9.31. The van der Waals surface area contributed by atoms with Crippen molar-refractivity contribution in [3.8, 4) is 0 Å². The highest BCUT2D eigenvalue weighted by molar-refractivity contribution is 6.30. The third-order valence-electron chi connectivity index (χ3n) is 2.84. The molecular weight excluding hydrogens is 222 g/mol. The quantitative estimate of drug-likeness (QED) is 0.869. The van der Waals surface area contributed by atoms with Crippen LogP contribution in [0.4, 0.5) is 0 Å². The van der Waals surface area contributed by atoms with Crippen LogP contribution in [0, 0.1) is 6.92 Å². The van der Waals surface area contributed by atoms with Gasteiger partial charge in [-0.25, -0.2) is 0 Å². The van der Waals surface area contributed by atoms with Crippen molar-refractivity contribution in [3.63, 3.8) is 0 Å². The number of nitrogens with zero attached hydrogens (tertiary/aromatic N) is 2. The minimum absolute atomic E-state index is 0.147. The molecule has 1 aromatic heterocycles. The van der Waals surface area contributed by atoms with E-state index in [1.54, 1.807) is 0 Å². The number of hydrogen-bond donors (Lipinski definition) is 1. The second-order valence-electron chi connectivity index (χ2n) is 3.84. The highest BCUT2D eigenvalue weighted by atomic mass is 35.5. The van der Waals surface area contributed by atoms with E-state index < -0.39 is 0 Å². The van der Waals surface area contributed by atoms with Gasteiger partial charge in [0.15, 0.2) is 0 Å². The van der Waals surface area contributed by atoms with Crippen molar-refractivity contribution in [2.45, 2.75) is 13.0 Å². The van der Waals surface area contributed by atoms with Crippen LogP contribution in [0.15, 0.2) is 30.5 Å². The minimum atomic E-state index is -0.147. The predicted octanol–water partition coefficient (Wildman–Crippen LogP) is 2.43. The van der Waals surface area contributed by atoms with Crippen LogP contribution < -0.4 is 5.73 Å². The largest absolute Gasteiger partial charge is 0.320 e. The summed E-state index contributed by atoms with van der Waals surface area (Å²) in [7, 11) is 1.91. The van der Waals surface area contributed by atoms with E-state index in [1.165, 1.54) is 0 Å². The van der Waals surface area contributed by atoms with Crippen LogP contribution in [0.3, 0.4) is 0 Å². The number of aromatic nitrogens is 2. The summed E-state index contributed by atoms with van der Waals surface area (Å²) in [6, 6.07) is 7.44. The number of aryl methyl sites for hydroxylation is 1. The molecule has 0 bridgehead atoms. The summed E-state index contributed by atoms with van der Waals surface area (Å²) < 4.78 is 1.82. The van der Waals surface area contributed by atoms with Gasteiger partial charge in [-0.05, 0) is 24.6 Å². The van der Waals surface area contributed by atoms with Crippen molar-refractivity contribution in [3.05, 3.63) is 52.3 Å². The van der Waals surface area contributed by atoms with Crippen LogP contribution in [-0.4, -0.2) is 9.78 Å². The molecule has 4 heteroatoms. The SMILES string of the molecule is Cc1c(C(N)c2ccc(Cl)cc2)cnn1C. The second-order valence-corrected chi connectivity index (χ2v) is 4.27. The molecular formula is C12H14ClN3. The Hall–Kier alpha value is -1.32. The van der Waals surface area contributed by atoms with Crippen LogP contribution in [0.1, 0.15) is 22.9 Å². The lowest BCUT2D eigenvalue weighted by atomic mass is 10.0. The molecule has 2 aromatic rings. The molecule has 0 aliphatic heterocycles. The normalized spacial score (nSPS) is 12.8. The number of benzene rings is 1. The molecule has 3 nitrogen and oxygen atoms in total. The fraction of sp³-hybridized carbons (Fsp3) is 0.250. The van der Waals surface area contributed by atoms with Gasteiger partial charge in [0.1, 0.15) is 0 Å². The molecule has 0 aliphatic rings. The summed E-state index contributed by atoms with van der Waals surface area (Å²) in [4.78, 5) is 0. The van der Waals surface area contributed by atoms with Crippen LogP contribution in [0.5, 0.6) is 0 Å². The maximum absolute atomic E-state index is 6.18. The van der Waals surface area contributed by atoms with Gasteiger partial charge in [-0.15, -0.1) is 0 Å². The third kappa shape index (κ3) is 1.96. The lowest BCUT2D eigenvalue weighted by Crippen LogP contribution is -2.12. The lowest BCUT2D eigenvalue weighted by Gasteiger charge is -2.11. The first-order valence-corrected chi connectivity index (χ1v) is 5.47. The zero-order chi connectivity index (χ0) is 11.7. The average Bonchev–Trinajstić information content (AvgIpc) is 2.60. The van der Waals surface area contributed by atoms with Crippen molar-refractivity contribution in [1.82, 2.24) is 9.78 Å². The summed E-state index contributed by atoms with van der Waals surface area (Å²) in [6.45, 7) is 2.01.